The Bertz CT molecular complexity index is 601. The maximum atomic E-state index is 13.7. The van der Waals surface area contributed by atoms with Crippen LogP contribution >= 0.6 is 15.9 Å². The number of nitrogens with one attached hydrogen (secondary N) is 1. The van der Waals surface area contributed by atoms with Crippen LogP contribution in [0.25, 0.3) is 0 Å². The molecule has 0 aliphatic rings. The normalized spacial score (nSPS) is 12.3. The minimum atomic E-state index is -0.600. The molecule has 0 saturated carbocycles. The molecule has 1 N–H and O–H groups in total. The van der Waals surface area contributed by atoms with Crippen molar-refractivity contribution in [2.24, 2.45) is 0 Å². The van der Waals surface area contributed by atoms with E-state index < -0.39 is 17.7 Å². The Labute approximate surface area is 117 Å². The minimum Gasteiger partial charge on any atom is -0.376 e. The monoisotopic (exact) mass is 329 g/mol. The second-order valence-corrected chi connectivity index (χ2v) is 4.99. The molecule has 19 heavy (non-hydrogen) atoms. The first kappa shape index (κ1) is 13.9. The van der Waals surface area contributed by atoms with Gasteiger partial charge < -0.3 is 5.32 Å². The van der Waals surface area contributed by atoms with Crippen LogP contribution in [0.1, 0.15) is 18.5 Å². The van der Waals surface area contributed by atoms with Crippen LogP contribution in [0.4, 0.5) is 18.9 Å². The summed E-state index contributed by atoms with van der Waals surface area (Å²) in [6.07, 6.45) is 0. The summed E-state index contributed by atoms with van der Waals surface area (Å²) in [5, 5.41) is 2.76. The molecule has 0 saturated heterocycles. The highest BCUT2D eigenvalue weighted by Crippen LogP contribution is 2.27. The van der Waals surface area contributed by atoms with E-state index in [9.17, 15) is 13.2 Å². The van der Waals surface area contributed by atoms with Gasteiger partial charge in [-0.05, 0) is 35.0 Å². The van der Waals surface area contributed by atoms with Crippen LogP contribution in [-0.4, -0.2) is 0 Å². The molecule has 0 fully saturated rings. The number of halogens is 4. The van der Waals surface area contributed by atoms with Crippen LogP contribution in [0.3, 0.4) is 0 Å². The van der Waals surface area contributed by atoms with Gasteiger partial charge in [0.25, 0.3) is 0 Å². The molecule has 0 bridgehead atoms. The molecule has 1 unspecified atom stereocenters. The average Bonchev–Trinajstić information content (AvgIpc) is 2.36. The molecule has 1 nitrogen and oxygen atoms in total. The van der Waals surface area contributed by atoms with E-state index >= 15 is 0 Å². The van der Waals surface area contributed by atoms with Gasteiger partial charge in [0.2, 0.25) is 0 Å². The number of benzene rings is 2. The fourth-order valence-electron chi connectivity index (χ4n) is 1.77. The van der Waals surface area contributed by atoms with Gasteiger partial charge in [-0.15, -0.1) is 0 Å². The van der Waals surface area contributed by atoms with Gasteiger partial charge in [-0.25, -0.2) is 13.2 Å². The second-order valence-electron chi connectivity index (χ2n) is 4.13. The van der Waals surface area contributed by atoms with Crippen LogP contribution in [0.2, 0.25) is 0 Å². The van der Waals surface area contributed by atoms with Crippen LogP contribution in [0.5, 0.6) is 0 Å². The summed E-state index contributed by atoms with van der Waals surface area (Å²) >= 11 is 2.90. The number of rotatable bonds is 3. The molecule has 0 amide bonds. The van der Waals surface area contributed by atoms with Gasteiger partial charge in [0, 0.05) is 11.6 Å². The Balaban J connectivity index is 2.27. The van der Waals surface area contributed by atoms with Gasteiger partial charge in [0.15, 0.2) is 0 Å². The molecule has 100 valence electrons. The van der Waals surface area contributed by atoms with Crippen molar-refractivity contribution in [3.05, 3.63) is 63.9 Å². The summed E-state index contributed by atoms with van der Waals surface area (Å²) in [5.41, 5.74) is 0.390. The van der Waals surface area contributed by atoms with Gasteiger partial charge in [-0.1, -0.05) is 18.2 Å². The zero-order chi connectivity index (χ0) is 14.0. The lowest BCUT2D eigenvalue weighted by molar-refractivity contribution is 0.587. The lowest BCUT2D eigenvalue weighted by Crippen LogP contribution is -2.10. The van der Waals surface area contributed by atoms with Crippen molar-refractivity contribution in [3.8, 4) is 0 Å². The Kier molecular flexibility index (Phi) is 4.14. The fourth-order valence-corrected chi connectivity index (χ4v) is 2.09. The van der Waals surface area contributed by atoms with E-state index in [1.165, 1.54) is 6.07 Å². The van der Waals surface area contributed by atoms with Crippen molar-refractivity contribution < 1.29 is 13.2 Å². The van der Waals surface area contributed by atoms with Crippen LogP contribution in [-0.2, 0) is 0 Å². The lowest BCUT2D eigenvalue weighted by Gasteiger charge is -2.17. The Hall–Kier alpha value is -1.49. The summed E-state index contributed by atoms with van der Waals surface area (Å²) in [7, 11) is 0. The number of hydrogen-bond acceptors (Lipinski definition) is 1. The molecule has 2 aromatic carbocycles. The third-order valence-corrected chi connectivity index (χ3v) is 3.36. The third kappa shape index (κ3) is 3.10. The first-order valence-electron chi connectivity index (χ1n) is 5.64. The van der Waals surface area contributed by atoms with E-state index in [0.717, 1.165) is 12.1 Å². The Morgan fingerprint density at radius 3 is 2.37 bits per heavy atom. The quantitative estimate of drug-likeness (QED) is 0.778. The molecule has 0 aromatic heterocycles. The maximum absolute atomic E-state index is 13.7. The zero-order valence-electron chi connectivity index (χ0n) is 10.1. The van der Waals surface area contributed by atoms with Gasteiger partial charge in [0.1, 0.15) is 17.5 Å². The predicted octanol–water partition coefficient (Wildman–Crippen LogP) is 5.04. The topological polar surface area (TPSA) is 12.0 Å². The first-order chi connectivity index (χ1) is 8.99. The Morgan fingerprint density at radius 1 is 1.00 bits per heavy atom. The molecular formula is C14H11BrF3N. The van der Waals surface area contributed by atoms with E-state index in [2.05, 4.69) is 21.2 Å². The van der Waals surface area contributed by atoms with E-state index in [4.69, 9.17) is 0 Å². The first-order valence-corrected chi connectivity index (χ1v) is 6.44. The van der Waals surface area contributed by atoms with Crippen molar-refractivity contribution >= 4 is 21.6 Å². The predicted molar refractivity (Wildman–Crippen MR) is 72.5 cm³/mol. The number of hydrogen-bond donors (Lipinski definition) is 1. The fraction of sp³-hybridized carbons (Fsp3) is 0.143. The third-order valence-electron chi connectivity index (χ3n) is 2.75. The molecule has 0 aliphatic heterocycles. The van der Waals surface area contributed by atoms with Gasteiger partial charge in [-0.3, -0.25) is 0 Å². The smallest absolute Gasteiger partial charge is 0.147 e. The standard InChI is InChI=1S/C14H11BrF3N/c1-8(9-4-2-3-5-11(9)16)19-14-7-12(17)10(15)6-13(14)18/h2-8,19H,1H3. The highest BCUT2D eigenvalue weighted by Gasteiger charge is 2.14. The second kappa shape index (κ2) is 5.65. The molecule has 2 aromatic rings. The minimum absolute atomic E-state index is 0.00328. The largest absolute Gasteiger partial charge is 0.376 e. The van der Waals surface area contributed by atoms with Gasteiger partial charge in [-0.2, -0.15) is 0 Å². The summed E-state index contributed by atoms with van der Waals surface area (Å²) < 4.78 is 40.6. The van der Waals surface area contributed by atoms with E-state index in [0.29, 0.717) is 5.56 Å². The zero-order valence-corrected chi connectivity index (χ0v) is 11.6. The molecular weight excluding hydrogens is 319 g/mol. The molecule has 0 heterocycles. The van der Waals surface area contributed by atoms with E-state index in [-0.39, 0.29) is 16.0 Å². The average molecular weight is 330 g/mol. The number of anilines is 1. The van der Waals surface area contributed by atoms with E-state index in [1.807, 2.05) is 0 Å². The summed E-state index contributed by atoms with van der Waals surface area (Å²) in [4.78, 5) is 0. The van der Waals surface area contributed by atoms with Crippen molar-refractivity contribution in [2.45, 2.75) is 13.0 Å². The van der Waals surface area contributed by atoms with Crippen molar-refractivity contribution in [1.29, 1.82) is 0 Å². The molecule has 2 rings (SSSR count). The van der Waals surface area contributed by atoms with Gasteiger partial charge >= 0.3 is 0 Å². The summed E-state index contributed by atoms with van der Waals surface area (Å²) in [5.74, 6) is -1.57. The molecule has 0 spiro atoms. The van der Waals surface area contributed by atoms with Crippen LogP contribution < -0.4 is 5.32 Å². The van der Waals surface area contributed by atoms with Crippen molar-refractivity contribution in [1.82, 2.24) is 0 Å². The summed E-state index contributed by atoms with van der Waals surface area (Å²) in [6, 6.07) is 7.78. The molecule has 5 heteroatoms. The maximum Gasteiger partial charge on any atom is 0.147 e. The van der Waals surface area contributed by atoms with Crippen LogP contribution in [0.15, 0.2) is 40.9 Å². The SMILES string of the molecule is CC(Nc1cc(F)c(Br)cc1F)c1ccccc1F. The summed E-state index contributed by atoms with van der Waals surface area (Å²) in [6.45, 7) is 1.68. The van der Waals surface area contributed by atoms with Crippen molar-refractivity contribution in [3.63, 3.8) is 0 Å². The van der Waals surface area contributed by atoms with Gasteiger partial charge in [0.05, 0.1) is 16.2 Å². The van der Waals surface area contributed by atoms with Crippen molar-refractivity contribution in [2.75, 3.05) is 5.32 Å². The molecule has 1 atom stereocenters. The van der Waals surface area contributed by atoms with E-state index in [1.54, 1.807) is 25.1 Å². The highest BCUT2D eigenvalue weighted by atomic mass is 79.9. The lowest BCUT2D eigenvalue weighted by atomic mass is 10.1. The molecule has 0 aliphatic carbocycles. The molecule has 0 radical (unpaired) electrons. The van der Waals surface area contributed by atoms with Crippen LogP contribution in [0, 0.1) is 17.5 Å². The highest BCUT2D eigenvalue weighted by molar-refractivity contribution is 9.10. The Morgan fingerprint density at radius 2 is 1.68 bits per heavy atom.